The smallest absolute Gasteiger partial charge is 0.127 e. The van der Waals surface area contributed by atoms with E-state index in [2.05, 4.69) is 29.6 Å². The Morgan fingerprint density at radius 1 is 1.03 bits per heavy atom. The van der Waals surface area contributed by atoms with Crippen molar-refractivity contribution >= 4 is 10.8 Å². The summed E-state index contributed by atoms with van der Waals surface area (Å²) < 4.78 is 30.8. The number of nitrogens with one attached hydrogen (secondary N) is 1. The van der Waals surface area contributed by atoms with E-state index in [-0.39, 0.29) is 17.8 Å². The summed E-state index contributed by atoms with van der Waals surface area (Å²) in [5.41, 5.74) is 2.20. The summed E-state index contributed by atoms with van der Waals surface area (Å²) >= 11 is 0. The van der Waals surface area contributed by atoms with Crippen LogP contribution in [0.3, 0.4) is 0 Å². The van der Waals surface area contributed by atoms with Crippen molar-refractivity contribution in [3.8, 4) is 5.75 Å². The first-order valence-corrected chi connectivity index (χ1v) is 10.5. The Balaban J connectivity index is 1.50. The fourth-order valence-corrected chi connectivity index (χ4v) is 4.07. The number of piperidine rings is 1. The van der Waals surface area contributed by atoms with Crippen LogP contribution in [0.2, 0.25) is 0 Å². The molecule has 0 aromatic heterocycles. The number of rotatable bonds is 8. The van der Waals surface area contributed by atoms with E-state index >= 15 is 0 Å². The van der Waals surface area contributed by atoms with Crippen molar-refractivity contribution in [3.63, 3.8) is 0 Å². The van der Waals surface area contributed by atoms with Gasteiger partial charge in [-0.05, 0) is 53.7 Å². The predicted molar refractivity (Wildman–Crippen MR) is 117 cm³/mol. The van der Waals surface area contributed by atoms with Gasteiger partial charge in [-0.25, -0.2) is 4.39 Å². The molecule has 0 spiro atoms. The van der Waals surface area contributed by atoms with Crippen LogP contribution in [0.4, 0.5) is 4.39 Å². The third kappa shape index (κ3) is 4.98. The molecule has 3 aromatic carbocycles. The van der Waals surface area contributed by atoms with E-state index in [4.69, 9.17) is 14.2 Å². The fraction of sp³-hybridized carbons (Fsp3) is 0.360. The number of benzene rings is 3. The number of fused-ring (bicyclic) bond motifs is 1. The molecule has 1 heterocycles. The first-order chi connectivity index (χ1) is 14.7. The lowest BCUT2D eigenvalue weighted by Crippen LogP contribution is -2.40. The van der Waals surface area contributed by atoms with Crippen molar-refractivity contribution < 1.29 is 18.6 Å². The molecule has 1 aliphatic rings. The minimum Gasteiger partial charge on any atom is -0.491 e. The summed E-state index contributed by atoms with van der Waals surface area (Å²) in [5, 5.41) is 5.63. The van der Waals surface area contributed by atoms with Gasteiger partial charge in [0.05, 0.1) is 19.3 Å². The van der Waals surface area contributed by atoms with Gasteiger partial charge < -0.3 is 19.5 Å². The normalized spacial score (nSPS) is 19.1. The molecule has 0 saturated carbocycles. The molecular weight excluding hydrogens is 381 g/mol. The van der Waals surface area contributed by atoms with E-state index in [1.807, 2.05) is 24.3 Å². The summed E-state index contributed by atoms with van der Waals surface area (Å²) in [5.74, 6) is 0.896. The standard InChI is InChI=1S/C25H28FNO3/c1-28-12-13-29-24-15-18(14-20-4-2-3-5-22(20)24)17-30-25-16-27-11-10-23(25)19-6-8-21(26)9-7-19/h2-9,14-15,23,25,27H,10-13,16-17H2,1H3. The van der Waals surface area contributed by atoms with Gasteiger partial charge in [-0.15, -0.1) is 0 Å². The van der Waals surface area contributed by atoms with Gasteiger partial charge in [-0.2, -0.15) is 0 Å². The summed E-state index contributed by atoms with van der Waals surface area (Å²) in [6.45, 7) is 3.27. The molecule has 1 fully saturated rings. The van der Waals surface area contributed by atoms with Crippen molar-refractivity contribution in [2.75, 3.05) is 33.4 Å². The van der Waals surface area contributed by atoms with Crippen molar-refractivity contribution in [1.29, 1.82) is 0 Å². The van der Waals surface area contributed by atoms with Gasteiger partial charge >= 0.3 is 0 Å². The maximum atomic E-state index is 13.3. The second-order valence-corrected chi connectivity index (χ2v) is 7.66. The largest absolute Gasteiger partial charge is 0.491 e. The van der Waals surface area contributed by atoms with E-state index < -0.39 is 0 Å². The Morgan fingerprint density at radius 2 is 1.87 bits per heavy atom. The Labute approximate surface area is 177 Å². The van der Waals surface area contributed by atoms with Crippen LogP contribution in [0.1, 0.15) is 23.5 Å². The molecule has 0 bridgehead atoms. The molecule has 0 radical (unpaired) electrons. The molecule has 1 N–H and O–H groups in total. The minimum absolute atomic E-state index is 0.0357. The van der Waals surface area contributed by atoms with Crippen LogP contribution >= 0.6 is 0 Å². The van der Waals surface area contributed by atoms with Gasteiger partial charge in [-0.1, -0.05) is 36.4 Å². The van der Waals surface area contributed by atoms with Gasteiger partial charge in [0.25, 0.3) is 0 Å². The van der Waals surface area contributed by atoms with Gasteiger partial charge in [0.1, 0.15) is 18.2 Å². The molecule has 1 saturated heterocycles. The second-order valence-electron chi connectivity index (χ2n) is 7.66. The maximum absolute atomic E-state index is 13.3. The number of hydrogen-bond donors (Lipinski definition) is 1. The average Bonchev–Trinajstić information content (AvgIpc) is 2.78. The van der Waals surface area contributed by atoms with Crippen molar-refractivity contribution in [2.45, 2.75) is 25.0 Å². The van der Waals surface area contributed by atoms with E-state index in [1.54, 1.807) is 7.11 Å². The summed E-state index contributed by atoms with van der Waals surface area (Å²) in [7, 11) is 1.67. The molecular formula is C25H28FNO3. The first-order valence-electron chi connectivity index (χ1n) is 10.5. The van der Waals surface area contributed by atoms with Crippen LogP contribution in [-0.2, 0) is 16.1 Å². The molecule has 0 amide bonds. The highest BCUT2D eigenvalue weighted by molar-refractivity contribution is 5.89. The number of methoxy groups -OCH3 is 1. The van der Waals surface area contributed by atoms with Crippen LogP contribution < -0.4 is 10.1 Å². The predicted octanol–water partition coefficient (Wildman–Crippen LogP) is 4.67. The van der Waals surface area contributed by atoms with Crippen LogP contribution in [0, 0.1) is 5.82 Å². The molecule has 2 atom stereocenters. The van der Waals surface area contributed by atoms with Crippen LogP contribution in [0.15, 0.2) is 60.7 Å². The van der Waals surface area contributed by atoms with Crippen molar-refractivity contribution in [1.82, 2.24) is 5.32 Å². The van der Waals surface area contributed by atoms with E-state index in [9.17, 15) is 4.39 Å². The third-order valence-electron chi connectivity index (χ3n) is 5.62. The topological polar surface area (TPSA) is 39.7 Å². The van der Waals surface area contributed by atoms with Crippen LogP contribution in [-0.4, -0.2) is 39.5 Å². The molecule has 5 heteroatoms. The molecule has 2 unspecified atom stereocenters. The first kappa shape index (κ1) is 20.8. The zero-order valence-electron chi connectivity index (χ0n) is 17.3. The van der Waals surface area contributed by atoms with Gasteiger partial charge in [0.2, 0.25) is 0 Å². The quantitative estimate of drug-likeness (QED) is 0.549. The Hall–Kier alpha value is -2.47. The monoisotopic (exact) mass is 409 g/mol. The highest BCUT2D eigenvalue weighted by Gasteiger charge is 2.27. The molecule has 158 valence electrons. The van der Waals surface area contributed by atoms with Crippen LogP contribution in [0.25, 0.3) is 10.8 Å². The van der Waals surface area contributed by atoms with E-state index in [0.29, 0.717) is 19.8 Å². The van der Waals surface area contributed by atoms with E-state index in [1.165, 1.54) is 12.1 Å². The molecule has 3 aromatic rings. The Morgan fingerprint density at radius 3 is 2.70 bits per heavy atom. The lowest BCUT2D eigenvalue weighted by atomic mass is 9.88. The Kier molecular flexibility index (Phi) is 6.95. The van der Waals surface area contributed by atoms with Gasteiger partial charge in [0.15, 0.2) is 0 Å². The molecule has 30 heavy (non-hydrogen) atoms. The lowest BCUT2D eigenvalue weighted by Gasteiger charge is -2.32. The second kappa shape index (κ2) is 10.0. The molecule has 4 nitrogen and oxygen atoms in total. The Bertz CT molecular complexity index is 960. The third-order valence-corrected chi connectivity index (χ3v) is 5.62. The van der Waals surface area contributed by atoms with Crippen molar-refractivity contribution in [3.05, 3.63) is 77.6 Å². The van der Waals surface area contributed by atoms with Crippen molar-refractivity contribution in [2.24, 2.45) is 0 Å². The zero-order valence-corrected chi connectivity index (χ0v) is 17.3. The fourth-order valence-electron chi connectivity index (χ4n) is 4.07. The average molecular weight is 410 g/mol. The van der Waals surface area contributed by atoms with Crippen LogP contribution in [0.5, 0.6) is 5.75 Å². The number of ether oxygens (including phenoxy) is 3. The van der Waals surface area contributed by atoms with E-state index in [0.717, 1.165) is 47.2 Å². The minimum atomic E-state index is -0.206. The van der Waals surface area contributed by atoms with Gasteiger partial charge in [0, 0.05) is 25.0 Å². The van der Waals surface area contributed by atoms with Gasteiger partial charge in [-0.3, -0.25) is 0 Å². The SMILES string of the molecule is COCCOc1cc(COC2CNCCC2c2ccc(F)cc2)cc2ccccc12. The lowest BCUT2D eigenvalue weighted by molar-refractivity contribution is 0.0105. The molecule has 1 aliphatic heterocycles. The number of halogens is 1. The summed E-state index contributed by atoms with van der Waals surface area (Å²) in [6, 6.07) is 19.2. The maximum Gasteiger partial charge on any atom is 0.127 e. The summed E-state index contributed by atoms with van der Waals surface area (Å²) in [4.78, 5) is 0. The summed E-state index contributed by atoms with van der Waals surface area (Å²) in [6.07, 6.45) is 1.01. The highest BCUT2D eigenvalue weighted by atomic mass is 19.1. The molecule has 0 aliphatic carbocycles. The molecule has 4 rings (SSSR count). The highest BCUT2D eigenvalue weighted by Crippen LogP contribution is 2.31. The zero-order chi connectivity index (χ0) is 20.8. The number of hydrogen-bond acceptors (Lipinski definition) is 4.